The standard InChI is InChI=1S/C13H16ClNO2/c1-15-8-4-5-10(9-15)17-13(16)11-6-2-3-7-12(11)14/h2-3,6-7,10H,4-5,8-9H2,1H3/p+1. The first-order valence-electron chi connectivity index (χ1n) is 5.93. The van der Waals surface area contributed by atoms with E-state index in [0.29, 0.717) is 10.6 Å². The Labute approximate surface area is 106 Å². The third-order valence-corrected chi connectivity index (χ3v) is 3.40. The van der Waals surface area contributed by atoms with Crippen molar-refractivity contribution in [1.82, 2.24) is 0 Å². The molecule has 0 aliphatic carbocycles. The molecule has 0 saturated carbocycles. The highest BCUT2D eigenvalue weighted by Crippen LogP contribution is 2.17. The van der Waals surface area contributed by atoms with Gasteiger partial charge in [0.2, 0.25) is 0 Å². The Morgan fingerprint density at radius 2 is 2.24 bits per heavy atom. The van der Waals surface area contributed by atoms with E-state index in [2.05, 4.69) is 7.05 Å². The van der Waals surface area contributed by atoms with Crippen molar-refractivity contribution in [2.45, 2.75) is 18.9 Å². The molecule has 92 valence electrons. The minimum absolute atomic E-state index is 0.0209. The first kappa shape index (κ1) is 12.4. The normalized spacial score (nSPS) is 24.4. The van der Waals surface area contributed by atoms with Crippen LogP contribution in [-0.4, -0.2) is 32.2 Å². The van der Waals surface area contributed by atoms with Crippen LogP contribution in [-0.2, 0) is 4.74 Å². The van der Waals surface area contributed by atoms with Crippen LogP contribution in [0.2, 0.25) is 5.02 Å². The Bertz CT molecular complexity index is 408. The third kappa shape index (κ3) is 3.20. The number of hydrogen-bond donors (Lipinski definition) is 1. The van der Waals surface area contributed by atoms with Crippen molar-refractivity contribution in [2.75, 3.05) is 20.1 Å². The molecule has 17 heavy (non-hydrogen) atoms. The minimum atomic E-state index is -0.310. The molecule has 0 bridgehead atoms. The summed E-state index contributed by atoms with van der Waals surface area (Å²) in [4.78, 5) is 13.3. The Morgan fingerprint density at radius 1 is 1.47 bits per heavy atom. The molecule has 1 aliphatic heterocycles. The van der Waals surface area contributed by atoms with E-state index < -0.39 is 0 Å². The number of hydrogen-bond acceptors (Lipinski definition) is 2. The monoisotopic (exact) mass is 254 g/mol. The number of carbonyl (C=O) groups excluding carboxylic acids is 1. The summed E-state index contributed by atoms with van der Waals surface area (Å²) >= 11 is 5.96. The summed E-state index contributed by atoms with van der Waals surface area (Å²) in [6.07, 6.45) is 2.08. The number of halogens is 1. The summed E-state index contributed by atoms with van der Waals surface area (Å²) < 4.78 is 5.48. The molecule has 1 aromatic carbocycles. The van der Waals surface area contributed by atoms with Gasteiger partial charge in [-0.3, -0.25) is 0 Å². The lowest BCUT2D eigenvalue weighted by molar-refractivity contribution is -0.888. The molecule has 1 aromatic rings. The first-order chi connectivity index (χ1) is 8.16. The fourth-order valence-corrected chi connectivity index (χ4v) is 2.38. The van der Waals surface area contributed by atoms with E-state index in [4.69, 9.17) is 16.3 Å². The molecule has 1 N–H and O–H groups in total. The number of nitrogens with one attached hydrogen (secondary N) is 1. The van der Waals surface area contributed by atoms with Crippen LogP contribution in [0.3, 0.4) is 0 Å². The van der Waals surface area contributed by atoms with E-state index in [1.54, 1.807) is 24.3 Å². The highest BCUT2D eigenvalue weighted by Gasteiger charge is 2.24. The zero-order valence-electron chi connectivity index (χ0n) is 9.91. The molecule has 0 spiro atoms. The molecule has 0 aromatic heterocycles. The highest BCUT2D eigenvalue weighted by molar-refractivity contribution is 6.33. The number of likely N-dealkylation sites (N-methyl/N-ethyl adjacent to an activating group) is 1. The Hall–Kier alpha value is -1.06. The van der Waals surface area contributed by atoms with E-state index in [1.807, 2.05) is 0 Å². The fraction of sp³-hybridized carbons (Fsp3) is 0.462. The SMILES string of the molecule is C[NH+]1CCCC(OC(=O)c2ccccc2Cl)C1. The highest BCUT2D eigenvalue weighted by atomic mass is 35.5. The summed E-state index contributed by atoms with van der Waals surface area (Å²) in [6.45, 7) is 2.04. The minimum Gasteiger partial charge on any atom is -0.453 e. The molecule has 1 fully saturated rings. The van der Waals surface area contributed by atoms with Gasteiger partial charge in [-0.25, -0.2) is 4.79 Å². The van der Waals surface area contributed by atoms with Crippen molar-refractivity contribution in [2.24, 2.45) is 0 Å². The summed E-state index contributed by atoms with van der Waals surface area (Å²) in [5.74, 6) is -0.310. The molecular formula is C13H17ClNO2+. The molecule has 0 amide bonds. The van der Waals surface area contributed by atoms with Crippen LogP contribution in [0.5, 0.6) is 0 Å². The van der Waals surface area contributed by atoms with E-state index >= 15 is 0 Å². The number of piperidine rings is 1. The van der Waals surface area contributed by atoms with Crippen LogP contribution < -0.4 is 4.90 Å². The lowest BCUT2D eigenvalue weighted by Gasteiger charge is -2.26. The molecule has 2 rings (SSSR count). The topological polar surface area (TPSA) is 30.7 Å². The molecule has 3 nitrogen and oxygen atoms in total. The van der Waals surface area contributed by atoms with Gasteiger partial charge < -0.3 is 9.64 Å². The second kappa shape index (κ2) is 5.52. The molecule has 2 atom stereocenters. The second-order valence-corrected chi connectivity index (χ2v) is 4.97. The molecule has 2 unspecified atom stereocenters. The van der Waals surface area contributed by atoms with Gasteiger partial charge in [0.05, 0.1) is 24.2 Å². The lowest BCUT2D eigenvalue weighted by atomic mass is 10.1. The Morgan fingerprint density at radius 3 is 2.94 bits per heavy atom. The zero-order valence-corrected chi connectivity index (χ0v) is 10.7. The maximum absolute atomic E-state index is 11.9. The summed E-state index contributed by atoms with van der Waals surface area (Å²) in [6, 6.07) is 7.00. The van der Waals surface area contributed by atoms with Crippen LogP contribution in [0.1, 0.15) is 23.2 Å². The Kier molecular flexibility index (Phi) is 4.02. The smallest absolute Gasteiger partial charge is 0.340 e. The van der Waals surface area contributed by atoms with Gasteiger partial charge in [0.1, 0.15) is 6.54 Å². The number of carbonyl (C=O) groups is 1. The molecule has 1 aliphatic rings. The number of rotatable bonds is 2. The van der Waals surface area contributed by atoms with Gasteiger partial charge in [-0.1, -0.05) is 23.7 Å². The third-order valence-electron chi connectivity index (χ3n) is 3.07. The number of esters is 1. The van der Waals surface area contributed by atoms with Gasteiger partial charge in [-0.15, -0.1) is 0 Å². The van der Waals surface area contributed by atoms with Crippen LogP contribution in [0.15, 0.2) is 24.3 Å². The molecule has 4 heteroatoms. The van der Waals surface area contributed by atoms with Crippen LogP contribution in [0.4, 0.5) is 0 Å². The largest absolute Gasteiger partial charge is 0.453 e. The van der Waals surface area contributed by atoms with E-state index in [1.165, 1.54) is 4.90 Å². The maximum Gasteiger partial charge on any atom is 0.340 e. The molecule has 0 radical (unpaired) electrons. The van der Waals surface area contributed by atoms with Gasteiger partial charge in [0, 0.05) is 6.42 Å². The number of likely N-dealkylation sites (tertiary alicyclic amines) is 1. The van der Waals surface area contributed by atoms with Crippen molar-refractivity contribution in [3.05, 3.63) is 34.9 Å². The van der Waals surface area contributed by atoms with Gasteiger partial charge in [-0.05, 0) is 18.6 Å². The van der Waals surface area contributed by atoms with Crippen molar-refractivity contribution in [3.8, 4) is 0 Å². The lowest BCUT2D eigenvalue weighted by Crippen LogP contribution is -3.11. The predicted octanol–water partition coefficient (Wildman–Crippen LogP) is 1.17. The van der Waals surface area contributed by atoms with Gasteiger partial charge in [-0.2, -0.15) is 0 Å². The van der Waals surface area contributed by atoms with Gasteiger partial charge >= 0.3 is 5.97 Å². The van der Waals surface area contributed by atoms with Crippen LogP contribution in [0, 0.1) is 0 Å². The van der Waals surface area contributed by atoms with E-state index in [0.717, 1.165) is 25.9 Å². The van der Waals surface area contributed by atoms with Crippen molar-refractivity contribution in [3.63, 3.8) is 0 Å². The molecular weight excluding hydrogens is 238 g/mol. The maximum atomic E-state index is 11.9. The molecule has 1 heterocycles. The zero-order chi connectivity index (χ0) is 12.3. The number of ether oxygens (including phenoxy) is 1. The van der Waals surface area contributed by atoms with Crippen LogP contribution >= 0.6 is 11.6 Å². The predicted molar refractivity (Wildman–Crippen MR) is 66.5 cm³/mol. The Balaban J connectivity index is 1.99. The average Bonchev–Trinajstić information content (AvgIpc) is 2.29. The van der Waals surface area contributed by atoms with Crippen LogP contribution in [0.25, 0.3) is 0 Å². The summed E-state index contributed by atoms with van der Waals surface area (Å²) in [7, 11) is 2.12. The van der Waals surface area contributed by atoms with E-state index in [9.17, 15) is 4.79 Å². The van der Waals surface area contributed by atoms with Crippen molar-refractivity contribution >= 4 is 17.6 Å². The van der Waals surface area contributed by atoms with Gasteiger partial charge in [0.15, 0.2) is 6.10 Å². The fourth-order valence-electron chi connectivity index (χ4n) is 2.17. The molecule has 1 saturated heterocycles. The number of quaternary nitrogens is 1. The first-order valence-corrected chi connectivity index (χ1v) is 6.31. The average molecular weight is 255 g/mol. The quantitative estimate of drug-likeness (QED) is 0.804. The summed E-state index contributed by atoms with van der Waals surface area (Å²) in [5.41, 5.74) is 0.456. The van der Waals surface area contributed by atoms with Gasteiger partial charge in [0.25, 0.3) is 0 Å². The van der Waals surface area contributed by atoms with Crippen molar-refractivity contribution in [1.29, 1.82) is 0 Å². The van der Waals surface area contributed by atoms with Crippen molar-refractivity contribution < 1.29 is 14.4 Å². The number of benzene rings is 1. The van der Waals surface area contributed by atoms with E-state index in [-0.39, 0.29) is 12.1 Å². The summed E-state index contributed by atoms with van der Waals surface area (Å²) in [5, 5.41) is 0.453. The second-order valence-electron chi connectivity index (χ2n) is 4.56.